The van der Waals surface area contributed by atoms with Crippen LogP contribution in [0.4, 0.5) is 0 Å². The molecule has 2 N–H and O–H groups in total. The average molecular weight is 483 g/mol. The molecule has 0 aliphatic heterocycles. The molecule has 3 atom stereocenters. The van der Waals surface area contributed by atoms with Gasteiger partial charge in [0.25, 0.3) is 0 Å². The van der Waals surface area contributed by atoms with E-state index in [2.05, 4.69) is 52.2 Å². The molecule has 6 heteroatoms. The molecule has 0 amide bonds. The number of halogens is 2. The summed E-state index contributed by atoms with van der Waals surface area (Å²) in [6.07, 6.45) is -0.0777. The van der Waals surface area contributed by atoms with E-state index < -0.39 is 20.0 Å². The maximum absolute atomic E-state index is 10.3. The highest BCUT2D eigenvalue weighted by Crippen LogP contribution is 2.46. The molecule has 0 spiro atoms. The number of hydrogen-bond donors (Lipinski definition) is 2. The quantitative estimate of drug-likeness (QED) is 0.368. The first kappa shape index (κ1) is 26.4. The molecule has 2 aromatic carbocycles. The summed E-state index contributed by atoms with van der Waals surface area (Å²) in [5, 5.41) is 15.4. The Balaban J connectivity index is 2.65. The van der Waals surface area contributed by atoms with Gasteiger partial charge in [0.2, 0.25) is 0 Å². The summed E-state index contributed by atoms with van der Waals surface area (Å²) in [5.74, 6) is 0. The Kier molecular flexibility index (Phi) is 8.82. The van der Waals surface area contributed by atoms with E-state index in [4.69, 9.17) is 27.6 Å². The molecule has 0 aliphatic carbocycles. The van der Waals surface area contributed by atoms with Crippen LogP contribution < -0.4 is 5.32 Å². The zero-order valence-corrected chi connectivity index (χ0v) is 22.3. The summed E-state index contributed by atoms with van der Waals surface area (Å²) in [7, 11) is -2.16. The first-order valence-corrected chi connectivity index (χ1v) is 14.6. The van der Waals surface area contributed by atoms with E-state index in [1.807, 2.05) is 49.4 Å². The van der Waals surface area contributed by atoms with E-state index in [-0.39, 0.29) is 11.1 Å². The average Bonchev–Trinajstić information content (AvgIpc) is 2.69. The SMILES string of the molecule is CC[C@@H](O)CN[C@](C)(c1ccc(Cl)cc1)[C@@H](O[Si](C)(C)C(C)(C)C)c1cccc(Cl)c1. The fraction of sp³-hybridized carbons (Fsp3) is 0.520. The Labute approximate surface area is 199 Å². The summed E-state index contributed by atoms with van der Waals surface area (Å²) < 4.78 is 7.06. The van der Waals surface area contributed by atoms with Gasteiger partial charge in [-0.1, -0.05) is 75.2 Å². The molecule has 2 aromatic rings. The van der Waals surface area contributed by atoms with Crippen LogP contribution >= 0.6 is 23.2 Å². The van der Waals surface area contributed by atoms with Crippen molar-refractivity contribution in [1.29, 1.82) is 0 Å². The molecule has 0 bridgehead atoms. The Morgan fingerprint density at radius 1 is 1.00 bits per heavy atom. The molecule has 0 aromatic heterocycles. The van der Waals surface area contributed by atoms with Crippen molar-refractivity contribution >= 4 is 31.5 Å². The van der Waals surface area contributed by atoms with Crippen molar-refractivity contribution in [2.75, 3.05) is 6.54 Å². The summed E-state index contributed by atoms with van der Waals surface area (Å²) in [5.41, 5.74) is 1.44. The number of benzene rings is 2. The van der Waals surface area contributed by atoms with E-state index in [0.717, 1.165) is 11.1 Å². The third-order valence-corrected chi connectivity index (χ3v) is 11.4. The fourth-order valence-corrected chi connectivity index (χ4v) is 4.92. The second-order valence-corrected chi connectivity index (χ2v) is 15.6. The van der Waals surface area contributed by atoms with E-state index in [1.165, 1.54) is 0 Å². The summed E-state index contributed by atoms with van der Waals surface area (Å²) in [6, 6.07) is 15.7. The molecule has 0 fully saturated rings. The van der Waals surface area contributed by atoms with E-state index in [1.54, 1.807) is 0 Å². The maximum atomic E-state index is 10.3. The van der Waals surface area contributed by atoms with E-state index >= 15 is 0 Å². The molecule has 0 aliphatic rings. The lowest BCUT2D eigenvalue weighted by atomic mass is 9.82. The Morgan fingerprint density at radius 3 is 2.13 bits per heavy atom. The number of hydrogen-bond acceptors (Lipinski definition) is 3. The van der Waals surface area contributed by atoms with Gasteiger partial charge >= 0.3 is 0 Å². The second kappa shape index (κ2) is 10.4. The third-order valence-electron chi connectivity index (χ3n) is 6.51. The fourth-order valence-electron chi connectivity index (χ4n) is 3.28. The molecule has 0 saturated heterocycles. The molecule has 0 unspecified atom stereocenters. The number of aliphatic hydroxyl groups excluding tert-OH is 1. The van der Waals surface area contributed by atoms with Gasteiger partial charge in [-0.15, -0.1) is 0 Å². The molecular formula is C25H37Cl2NO2Si. The predicted octanol–water partition coefficient (Wildman–Crippen LogP) is 7.33. The van der Waals surface area contributed by atoms with Gasteiger partial charge in [-0.3, -0.25) is 0 Å². The van der Waals surface area contributed by atoms with Crippen molar-refractivity contribution in [2.24, 2.45) is 0 Å². The second-order valence-electron chi connectivity index (χ2n) is 9.97. The number of rotatable bonds is 9. The van der Waals surface area contributed by atoms with Crippen LogP contribution in [0.25, 0.3) is 0 Å². The zero-order chi connectivity index (χ0) is 23.4. The lowest BCUT2D eigenvalue weighted by Gasteiger charge is -2.46. The molecule has 0 saturated carbocycles. The third kappa shape index (κ3) is 6.56. The van der Waals surface area contributed by atoms with Crippen molar-refractivity contribution in [3.63, 3.8) is 0 Å². The molecule has 3 nitrogen and oxygen atoms in total. The molecule has 0 radical (unpaired) electrons. The first-order valence-electron chi connectivity index (χ1n) is 10.9. The van der Waals surface area contributed by atoms with Gasteiger partial charge in [-0.2, -0.15) is 0 Å². The molecule has 172 valence electrons. The Morgan fingerprint density at radius 2 is 1.61 bits per heavy atom. The minimum absolute atomic E-state index is 0.0354. The zero-order valence-electron chi connectivity index (χ0n) is 19.8. The largest absolute Gasteiger partial charge is 0.408 e. The van der Waals surface area contributed by atoms with Gasteiger partial charge in [0.05, 0.1) is 17.7 Å². The van der Waals surface area contributed by atoms with Crippen LogP contribution in [0.1, 0.15) is 58.3 Å². The normalized spacial score (nSPS) is 16.6. The van der Waals surface area contributed by atoms with E-state index in [9.17, 15) is 5.11 Å². The van der Waals surface area contributed by atoms with Gasteiger partial charge in [0.15, 0.2) is 8.32 Å². The lowest BCUT2D eigenvalue weighted by Crippen LogP contribution is -2.52. The highest BCUT2D eigenvalue weighted by Gasteiger charge is 2.45. The van der Waals surface area contributed by atoms with Gasteiger partial charge in [-0.05, 0) is 66.9 Å². The predicted molar refractivity (Wildman–Crippen MR) is 136 cm³/mol. The Bertz CT molecular complexity index is 851. The van der Waals surface area contributed by atoms with Gasteiger partial charge in [0, 0.05) is 16.6 Å². The molecule has 31 heavy (non-hydrogen) atoms. The first-order chi connectivity index (χ1) is 14.3. The minimum atomic E-state index is -2.16. The highest BCUT2D eigenvalue weighted by atomic mass is 35.5. The summed E-state index contributed by atoms with van der Waals surface area (Å²) >= 11 is 12.6. The van der Waals surface area contributed by atoms with Crippen molar-refractivity contribution in [2.45, 2.75) is 76.9 Å². The van der Waals surface area contributed by atoms with Crippen LogP contribution in [0, 0.1) is 0 Å². The number of nitrogens with one attached hydrogen (secondary N) is 1. The monoisotopic (exact) mass is 481 g/mol. The van der Waals surface area contributed by atoms with Crippen molar-refractivity contribution in [3.05, 3.63) is 69.7 Å². The Hall–Kier alpha value is -0.883. The van der Waals surface area contributed by atoms with Crippen LogP contribution in [0.15, 0.2) is 48.5 Å². The van der Waals surface area contributed by atoms with Crippen molar-refractivity contribution in [1.82, 2.24) is 5.32 Å². The molecular weight excluding hydrogens is 445 g/mol. The van der Waals surface area contributed by atoms with Crippen LogP contribution in [-0.4, -0.2) is 26.1 Å². The molecule has 2 rings (SSSR count). The van der Waals surface area contributed by atoms with Crippen LogP contribution in [-0.2, 0) is 9.96 Å². The van der Waals surface area contributed by atoms with Crippen LogP contribution in [0.5, 0.6) is 0 Å². The van der Waals surface area contributed by atoms with E-state index in [0.29, 0.717) is 23.0 Å². The smallest absolute Gasteiger partial charge is 0.193 e. The van der Waals surface area contributed by atoms with Crippen molar-refractivity contribution in [3.8, 4) is 0 Å². The van der Waals surface area contributed by atoms with Crippen molar-refractivity contribution < 1.29 is 9.53 Å². The lowest BCUT2D eigenvalue weighted by molar-refractivity contribution is 0.0622. The highest BCUT2D eigenvalue weighted by molar-refractivity contribution is 6.74. The number of aliphatic hydroxyl groups is 1. The van der Waals surface area contributed by atoms with Gasteiger partial charge in [-0.25, -0.2) is 0 Å². The summed E-state index contributed by atoms with van der Waals surface area (Å²) in [4.78, 5) is 0. The van der Waals surface area contributed by atoms with Gasteiger partial charge < -0.3 is 14.8 Å². The standard InChI is InChI=1S/C25H37Cl2NO2Si/c1-8-22(29)17-28-25(5,19-12-14-20(26)15-13-19)23(18-10-9-11-21(27)16-18)30-31(6,7)24(2,3)4/h9-16,22-23,28-29H,8,17H2,1-7H3/t22-,23+,25-/m1/s1. The topological polar surface area (TPSA) is 41.5 Å². The maximum Gasteiger partial charge on any atom is 0.193 e. The molecule has 0 heterocycles. The van der Waals surface area contributed by atoms with Crippen LogP contribution in [0.3, 0.4) is 0 Å². The van der Waals surface area contributed by atoms with Crippen LogP contribution in [0.2, 0.25) is 28.2 Å². The van der Waals surface area contributed by atoms with Gasteiger partial charge in [0.1, 0.15) is 0 Å². The minimum Gasteiger partial charge on any atom is -0.408 e. The summed E-state index contributed by atoms with van der Waals surface area (Å²) in [6.45, 7) is 15.8.